The van der Waals surface area contributed by atoms with Crippen molar-refractivity contribution in [1.82, 2.24) is 0 Å². The molecule has 0 aliphatic rings. The van der Waals surface area contributed by atoms with Crippen molar-refractivity contribution in [2.45, 2.75) is 5.75 Å². The van der Waals surface area contributed by atoms with Crippen LogP contribution >= 0.6 is 23.4 Å². The molecule has 0 bridgehead atoms. The molecule has 0 atom stereocenters. The normalized spacial score (nSPS) is 10.2. The molecule has 0 aliphatic carbocycles. The Balaban J connectivity index is 1.80. The first-order chi connectivity index (χ1) is 10.2. The number of hydrogen-bond donors (Lipinski definition) is 1. The topological polar surface area (TPSA) is 38.3 Å². The van der Waals surface area contributed by atoms with E-state index in [1.807, 2.05) is 24.3 Å². The summed E-state index contributed by atoms with van der Waals surface area (Å²) in [6.07, 6.45) is 0. The standard InChI is InChI=1S/C16H16ClNO2S/c1-20-15-5-3-2-4-12(15)10-21-11-16(19)18-14-8-6-13(17)7-9-14/h2-9H,10-11H2,1H3,(H,18,19). The summed E-state index contributed by atoms with van der Waals surface area (Å²) in [5, 5.41) is 3.49. The molecule has 0 spiro atoms. The first kappa shape index (κ1) is 15.7. The Kier molecular flexibility index (Phi) is 5.96. The molecule has 0 saturated carbocycles. The van der Waals surface area contributed by atoms with Crippen molar-refractivity contribution in [1.29, 1.82) is 0 Å². The molecule has 1 N–H and O–H groups in total. The van der Waals surface area contributed by atoms with Gasteiger partial charge in [0, 0.05) is 22.0 Å². The third-order valence-electron chi connectivity index (χ3n) is 2.81. The van der Waals surface area contributed by atoms with E-state index in [2.05, 4.69) is 5.32 Å². The highest BCUT2D eigenvalue weighted by molar-refractivity contribution is 7.99. The molecule has 3 nitrogen and oxygen atoms in total. The van der Waals surface area contributed by atoms with Gasteiger partial charge in [0.25, 0.3) is 0 Å². The van der Waals surface area contributed by atoms with Crippen molar-refractivity contribution in [3.63, 3.8) is 0 Å². The van der Waals surface area contributed by atoms with Gasteiger partial charge in [-0.05, 0) is 30.3 Å². The number of hydrogen-bond acceptors (Lipinski definition) is 3. The molecule has 2 rings (SSSR count). The summed E-state index contributed by atoms with van der Waals surface area (Å²) in [6, 6.07) is 14.9. The van der Waals surface area contributed by atoms with Gasteiger partial charge >= 0.3 is 0 Å². The maximum Gasteiger partial charge on any atom is 0.234 e. The molecule has 1 amide bonds. The minimum atomic E-state index is -0.0304. The second-order valence-electron chi connectivity index (χ2n) is 4.36. The molecule has 0 aliphatic heterocycles. The molecular formula is C16H16ClNO2S. The molecular weight excluding hydrogens is 306 g/mol. The van der Waals surface area contributed by atoms with E-state index in [1.54, 1.807) is 43.1 Å². The van der Waals surface area contributed by atoms with Crippen LogP contribution in [0.3, 0.4) is 0 Å². The van der Waals surface area contributed by atoms with Crippen LogP contribution in [0.25, 0.3) is 0 Å². The fourth-order valence-electron chi connectivity index (χ4n) is 1.81. The Hall–Kier alpha value is -1.65. The molecule has 0 saturated heterocycles. The lowest BCUT2D eigenvalue weighted by Gasteiger charge is -2.08. The van der Waals surface area contributed by atoms with Crippen molar-refractivity contribution in [3.05, 3.63) is 59.1 Å². The minimum absolute atomic E-state index is 0.0304. The molecule has 0 aromatic heterocycles. The van der Waals surface area contributed by atoms with Crippen LogP contribution in [0.1, 0.15) is 5.56 Å². The molecule has 5 heteroatoms. The summed E-state index contributed by atoms with van der Waals surface area (Å²) in [5.74, 6) is 1.94. The quantitative estimate of drug-likeness (QED) is 0.865. The number of methoxy groups -OCH3 is 1. The SMILES string of the molecule is COc1ccccc1CSCC(=O)Nc1ccc(Cl)cc1. The molecule has 0 heterocycles. The largest absolute Gasteiger partial charge is 0.496 e. The molecule has 21 heavy (non-hydrogen) atoms. The number of carbonyl (C=O) groups is 1. The second kappa shape index (κ2) is 7.96. The first-order valence-corrected chi connectivity index (χ1v) is 7.97. The molecule has 2 aromatic rings. The van der Waals surface area contributed by atoms with E-state index >= 15 is 0 Å². The van der Waals surface area contributed by atoms with Gasteiger partial charge in [0.05, 0.1) is 12.9 Å². The average molecular weight is 322 g/mol. The lowest BCUT2D eigenvalue weighted by molar-refractivity contribution is -0.113. The zero-order valence-electron chi connectivity index (χ0n) is 11.6. The van der Waals surface area contributed by atoms with Crippen LogP contribution in [0, 0.1) is 0 Å². The lowest BCUT2D eigenvalue weighted by Crippen LogP contribution is -2.14. The number of nitrogens with one attached hydrogen (secondary N) is 1. The number of amides is 1. The third-order valence-corrected chi connectivity index (χ3v) is 4.04. The Labute approximate surface area is 133 Å². The van der Waals surface area contributed by atoms with Crippen LogP contribution < -0.4 is 10.1 Å². The predicted octanol–water partition coefficient (Wildman–Crippen LogP) is 4.22. The molecule has 110 valence electrons. The molecule has 0 radical (unpaired) electrons. The number of ether oxygens (including phenoxy) is 1. The maximum absolute atomic E-state index is 11.8. The Morgan fingerprint density at radius 1 is 1.19 bits per heavy atom. The van der Waals surface area contributed by atoms with Gasteiger partial charge in [0.2, 0.25) is 5.91 Å². The van der Waals surface area contributed by atoms with E-state index in [9.17, 15) is 4.79 Å². The van der Waals surface area contributed by atoms with E-state index in [4.69, 9.17) is 16.3 Å². The summed E-state index contributed by atoms with van der Waals surface area (Å²) >= 11 is 7.35. The van der Waals surface area contributed by atoms with Gasteiger partial charge in [-0.2, -0.15) is 0 Å². The van der Waals surface area contributed by atoms with E-state index in [0.29, 0.717) is 10.8 Å². The minimum Gasteiger partial charge on any atom is -0.496 e. The van der Waals surface area contributed by atoms with Gasteiger partial charge in [-0.15, -0.1) is 11.8 Å². The smallest absolute Gasteiger partial charge is 0.234 e. The van der Waals surface area contributed by atoms with Crippen LogP contribution in [0.4, 0.5) is 5.69 Å². The van der Waals surface area contributed by atoms with Crippen molar-refractivity contribution in [2.75, 3.05) is 18.2 Å². The molecule has 2 aromatic carbocycles. The summed E-state index contributed by atoms with van der Waals surface area (Å²) in [5.41, 5.74) is 1.84. The maximum atomic E-state index is 11.8. The second-order valence-corrected chi connectivity index (χ2v) is 5.78. The number of benzene rings is 2. The molecule has 0 unspecified atom stereocenters. The Morgan fingerprint density at radius 2 is 1.90 bits per heavy atom. The first-order valence-electron chi connectivity index (χ1n) is 6.44. The highest BCUT2D eigenvalue weighted by Gasteiger charge is 2.05. The number of anilines is 1. The van der Waals surface area contributed by atoms with Gasteiger partial charge < -0.3 is 10.1 Å². The predicted molar refractivity (Wildman–Crippen MR) is 89.2 cm³/mol. The van der Waals surface area contributed by atoms with Gasteiger partial charge in [0.1, 0.15) is 5.75 Å². The van der Waals surface area contributed by atoms with Crippen molar-refractivity contribution in [2.24, 2.45) is 0 Å². The number of rotatable bonds is 6. The van der Waals surface area contributed by atoms with Crippen LogP contribution in [-0.4, -0.2) is 18.8 Å². The van der Waals surface area contributed by atoms with E-state index in [-0.39, 0.29) is 5.91 Å². The van der Waals surface area contributed by atoms with Crippen LogP contribution in [-0.2, 0) is 10.5 Å². The van der Waals surface area contributed by atoms with Crippen molar-refractivity contribution in [3.8, 4) is 5.75 Å². The summed E-state index contributed by atoms with van der Waals surface area (Å²) in [7, 11) is 1.65. The van der Waals surface area contributed by atoms with Gasteiger partial charge in [0.15, 0.2) is 0 Å². The summed E-state index contributed by atoms with van der Waals surface area (Å²) < 4.78 is 5.28. The van der Waals surface area contributed by atoms with Gasteiger partial charge in [-0.25, -0.2) is 0 Å². The van der Waals surface area contributed by atoms with Gasteiger partial charge in [-0.3, -0.25) is 4.79 Å². The number of halogens is 1. The fourth-order valence-corrected chi connectivity index (χ4v) is 2.75. The van der Waals surface area contributed by atoms with E-state index in [0.717, 1.165) is 22.8 Å². The van der Waals surface area contributed by atoms with Crippen LogP contribution in [0.5, 0.6) is 5.75 Å². The number of carbonyl (C=O) groups excluding carboxylic acids is 1. The van der Waals surface area contributed by atoms with Gasteiger partial charge in [-0.1, -0.05) is 29.8 Å². The van der Waals surface area contributed by atoms with Crippen LogP contribution in [0.15, 0.2) is 48.5 Å². The monoisotopic (exact) mass is 321 g/mol. The summed E-state index contributed by atoms with van der Waals surface area (Å²) in [6.45, 7) is 0. The Morgan fingerprint density at radius 3 is 2.62 bits per heavy atom. The van der Waals surface area contributed by atoms with Crippen LogP contribution in [0.2, 0.25) is 5.02 Å². The highest BCUT2D eigenvalue weighted by atomic mass is 35.5. The molecule has 0 fully saturated rings. The number of thioether (sulfide) groups is 1. The number of para-hydroxylation sites is 1. The van der Waals surface area contributed by atoms with Crippen molar-refractivity contribution >= 4 is 35.0 Å². The average Bonchev–Trinajstić information content (AvgIpc) is 2.50. The van der Waals surface area contributed by atoms with Crippen molar-refractivity contribution < 1.29 is 9.53 Å². The zero-order chi connectivity index (χ0) is 15.1. The van der Waals surface area contributed by atoms with E-state index in [1.165, 1.54) is 0 Å². The third kappa shape index (κ3) is 4.99. The van der Waals surface area contributed by atoms with E-state index < -0.39 is 0 Å². The lowest BCUT2D eigenvalue weighted by atomic mass is 10.2. The highest BCUT2D eigenvalue weighted by Crippen LogP contribution is 2.22. The Bertz CT molecular complexity index is 601. The summed E-state index contributed by atoms with van der Waals surface area (Å²) in [4.78, 5) is 11.8. The fraction of sp³-hybridized carbons (Fsp3) is 0.188. The zero-order valence-corrected chi connectivity index (χ0v) is 13.2.